The van der Waals surface area contributed by atoms with E-state index in [4.69, 9.17) is 10.5 Å². The zero-order valence-electron chi connectivity index (χ0n) is 12.3. The van der Waals surface area contributed by atoms with Crippen LogP contribution >= 0.6 is 0 Å². The molecule has 2 rings (SSSR count). The molecule has 2 N–H and O–H groups in total. The number of rotatable bonds is 5. The second-order valence-electron chi connectivity index (χ2n) is 5.46. The van der Waals surface area contributed by atoms with Crippen molar-refractivity contribution in [2.24, 2.45) is 11.7 Å². The van der Waals surface area contributed by atoms with Gasteiger partial charge >= 0.3 is 0 Å². The Morgan fingerprint density at radius 3 is 2.76 bits per heavy atom. The normalized spacial score (nSPS) is 20.0. The highest BCUT2D eigenvalue weighted by atomic mass is 16.5. The molecule has 1 heterocycles. The number of hydrogen-bond donors (Lipinski definition) is 1. The SMILES string of the molecule is C[C@@H](OCc1ccccc1)C(=O)N1CCC[C@@H](C(N)=O)C1. The molecule has 0 radical (unpaired) electrons. The summed E-state index contributed by atoms with van der Waals surface area (Å²) in [7, 11) is 0. The van der Waals surface area contributed by atoms with Crippen LogP contribution in [0.1, 0.15) is 25.3 Å². The Bertz CT molecular complexity index is 490. The number of benzene rings is 1. The minimum absolute atomic E-state index is 0.0723. The molecule has 5 nitrogen and oxygen atoms in total. The van der Waals surface area contributed by atoms with E-state index in [0.29, 0.717) is 19.7 Å². The van der Waals surface area contributed by atoms with Gasteiger partial charge in [-0.2, -0.15) is 0 Å². The first-order valence-electron chi connectivity index (χ1n) is 7.31. The second kappa shape index (κ2) is 7.22. The zero-order chi connectivity index (χ0) is 15.2. The predicted molar refractivity (Wildman–Crippen MR) is 79.2 cm³/mol. The van der Waals surface area contributed by atoms with Crippen molar-refractivity contribution in [3.8, 4) is 0 Å². The summed E-state index contributed by atoms with van der Waals surface area (Å²) < 4.78 is 5.63. The van der Waals surface area contributed by atoms with Crippen LogP contribution in [0.4, 0.5) is 0 Å². The van der Waals surface area contributed by atoms with Crippen LogP contribution in [0.15, 0.2) is 30.3 Å². The van der Waals surface area contributed by atoms with Crippen molar-refractivity contribution in [1.82, 2.24) is 4.90 Å². The molecular weight excluding hydrogens is 268 g/mol. The molecule has 0 unspecified atom stereocenters. The maximum absolute atomic E-state index is 12.3. The number of amides is 2. The highest BCUT2D eigenvalue weighted by molar-refractivity contribution is 5.82. The van der Waals surface area contributed by atoms with Gasteiger partial charge in [-0.15, -0.1) is 0 Å². The van der Waals surface area contributed by atoms with Gasteiger partial charge in [-0.1, -0.05) is 30.3 Å². The van der Waals surface area contributed by atoms with Gasteiger partial charge in [0.25, 0.3) is 5.91 Å². The Hall–Kier alpha value is -1.88. The van der Waals surface area contributed by atoms with Gasteiger partial charge in [-0.25, -0.2) is 0 Å². The van der Waals surface area contributed by atoms with Crippen molar-refractivity contribution in [3.63, 3.8) is 0 Å². The molecule has 1 aliphatic heterocycles. The topological polar surface area (TPSA) is 72.6 Å². The van der Waals surface area contributed by atoms with E-state index >= 15 is 0 Å². The fourth-order valence-electron chi connectivity index (χ4n) is 2.53. The number of carbonyl (C=O) groups excluding carboxylic acids is 2. The predicted octanol–water partition coefficient (Wildman–Crippen LogP) is 1.32. The largest absolute Gasteiger partial charge is 0.369 e. The first-order valence-corrected chi connectivity index (χ1v) is 7.31. The van der Waals surface area contributed by atoms with E-state index in [9.17, 15) is 9.59 Å². The van der Waals surface area contributed by atoms with Crippen LogP contribution in [0.3, 0.4) is 0 Å². The fourth-order valence-corrected chi connectivity index (χ4v) is 2.53. The van der Waals surface area contributed by atoms with Crippen LogP contribution < -0.4 is 5.73 Å². The molecule has 2 atom stereocenters. The molecule has 1 aromatic carbocycles. The van der Waals surface area contributed by atoms with Crippen molar-refractivity contribution in [1.29, 1.82) is 0 Å². The molecule has 0 bridgehead atoms. The molecule has 1 saturated heterocycles. The molecule has 2 amide bonds. The van der Waals surface area contributed by atoms with E-state index in [1.165, 1.54) is 0 Å². The molecule has 1 fully saturated rings. The Morgan fingerprint density at radius 2 is 2.10 bits per heavy atom. The molecule has 0 spiro atoms. The molecule has 1 aromatic rings. The summed E-state index contributed by atoms with van der Waals surface area (Å²) in [4.78, 5) is 25.3. The summed E-state index contributed by atoms with van der Waals surface area (Å²) in [5.74, 6) is -0.633. The van der Waals surface area contributed by atoms with Crippen molar-refractivity contribution in [2.75, 3.05) is 13.1 Å². The van der Waals surface area contributed by atoms with Gasteiger partial charge in [0.15, 0.2) is 0 Å². The Balaban J connectivity index is 1.85. The first kappa shape index (κ1) is 15.5. The monoisotopic (exact) mass is 290 g/mol. The number of likely N-dealkylation sites (tertiary alicyclic amines) is 1. The van der Waals surface area contributed by atoms with E-state index in [2.05, 4.69) is 0 Å². The number of nitrogens with two attached hydrogens (primary N) is 1. The fraction of sp³-hybridized carbons (Fsp3) is 0.500. The van der Waals surface area contributed by atoms with Crippen molar-refractivity contribution >= 4 is 11.8 Å². The summed E-state index contributed by atoms with van der Waals surface area (Å²) >= 11 is 0. The molecule has 0 saturated carbocycles. The molecule has 0 aliphatic carbocycles. The van der Waals surface area contributed by atoms with E-state index in [0.717, 1.165) is 18.4 Å². The summed E-state index contributed by atoms with van der Waals surface area (Å²) in [6.45, 7) is 3.23. The lowest BCUT2D eigenvalue weighted by molar-refractivity contribution is -0.146. The van der Waals surface area contributed by atoms with Gasteiger partial charge in [0.05, 0.1) is 12.5 Å². The lowest BCUT2D eigenvalue weighted by Gasteiger charge is -2.32. The quantitative estimate of drug-likeness (QED) is 0.888. The van der Waals surface area contributed by atoms with Gasteiger partial charge in [-0.3, -0.25) is 9.59 Å². The lowest BCUT2D eigenvalue weighted by Crippen LogP contribution is -2.47. The van der Waals surface area contributed by atoms with Crippen LogP contribution in [-0.4, -0.2) is 35.9 Å². The third-order valence-corrected chi connectivity index (χ3v) is 3.83. The van der Waals surface area contributed by atoms with E-state index < -0.39 is 6.10 Å². The third kappa shape index (κ3) is 4.29. The average molecular weight is 290 g/mol. The van der Waals surface area contributed by atoms with Crippen LogP contribution in [0.2, 0.25) is 0 Å². The highest BCUT2D eigenvalue weighted by Gasteiger charge is 2.29. The maximum atomic E-state index is 12.3. The number of piperidine rings is 1. The van der Waals surface area contributed by atoms with Crippen molar-refractivity contribution in [3.05, 3.63) is 35.9 Å². The van der Waals surface area contributed by atoms with E-state index in [-0.39, 0.29) is 17.7 Å². The Kier molecular flexibility index (Phi) is 5.33. The molecular formula is C16H22N2O3. The van der Waals surface area contributed by atoms with Crippen molar-refractivity contribution in [2.45, 2.75) is 32.5 Å². The Morgan fingerprint density at radius 1 is 1.38 bits per heavy atom. The minimum atomic E-state index is -0.517. The van der Waals surface area contributed by atoms with Crippen LogP contribution in [0.25, 0.3) is 0 Å². The van der Waals surface area contributed by atoms with Gasteiger partial charge in [-0.05, 0) is 25.3 Å². The number of ether oxygens (including phenoxy) is 1. The number of primary amides is 1. The summed E-state index contributed by atoms with van der Waals surface area (Å²) in [5.41, 5.74) is 6.37. The summed E-state index contributed by atoms with van der Waals surface area (Å²) in [6.07, 6.45) is 1.06. The van der Waals surface area contributed by atoms with E-state index in [1.807, 2.05) is 30.3 Å². The Labute approximate surface area is 125 Å². The van der Waals surface area contributed by atoms with Gasteiger partial charge in [0.2, 0.25) is 5.91 Å². The molecule has 0 aromatic heterocycles. The second-order valence-corrected chi connectivity index (χ2v) is 5.46. The highest BCUT2D eigenvalue weighted by Crippen LogP contribution is 2.17. The summed E-state index contributed by atoms with van der Waals surface area (Å²) in [6, 6.07) is 9.73. The van der Waals surface area contributed by atoms with Crippen molar-refractivity contribution < 1.29 is 14.3 Å². The maximum Gasteiger partial charge on any atom is 0.251 e. The van der Waals surface area contributed by atoms with Crippen LogP contribution in [0, 0.1) is 5.92 Å². The standard InChI is InChI=1S/C16H22N2O3/c1-12(21-11-13-6-3-2-4-7-13)16(20)18-9-5-8-14(10-18)15(17)19/h2-4,6-7,12,14H,5,8-11H2,1H3,(H2,17,19)/t12-,14-/m1/s1. The van der Waals surface area contributed by atoms with Gasteiger partial charge in [0.1, 0.15) is 6.10 Å². The van der Waals surface area contributed by atoms with Gasteiger partial charge in [0, 0.05) is 13.1 Å². The minimum Gasteiger partial charge on any atom is -0.369 e. The molecule has 5 heteroatoms. The average Bonchev–Trinajstić information content (AvgIpc) is 2.53. The van der Waals surface area contributed by atoms with Crippen LogP contribution in [-0.2, 0) is 20.9 Å². The summed E-state index contributed by atoms with van der Waals surface area (Å²) in [5, 5.41) is 0. The molecule has 114 valence electrons. The molecule has 1 aliphatic rings. The molecule has 21 heavy (non-hydrogen) atoms. The van der Waals surface area contributed by atoms with Gasteiger partial charge < -0.3 is 15.4 Å². The number of hydrogen-bond acceptors (Lipinski definition) is 3. The number of nitrogens with zero attached hydrogens (tertiary/aromatic N) is 1. The van der Waals surface area contributed by atoms with E-state index in [1.54, 1.807) is 11.8 Å². The lowest BCUT2D eigenvalue weighted by atomic mass is 9.97. The smallest absolute Gasteiger partial charge is 0.251 e. The first-order chi connectivity index (χ1) is 10.1. The third-order valence-electron chi connectivity index (χ3n) is 3.83. The number of carbonyl (C=O) groups is 2. The van der Waals surface area contributed by atoms with Crippen LogP contribution in [0.5, 0.6) is 0 Å². The zero-order valence-corrected chi connectivity index (χ0v) is 12.3.